The van der Waals surface area contributed by atoms with Crippen LogP contribution in [-0.2, 0) is 4.79 Å². The molecule has 0 bridgehead atoms. The highest BCUT2D eigenvalue weighted by molar-refractivity contribution is 5.76. The molecule has 0 spiro atoms. The van der Waals surface area contributed by atoms with Gasteiger partial charge in [-0.3, -0.25) is 4.79 Å². The number of methoxy groups -OCH3 is 1. The molecule has 1 aliphatic heterocycles. The van der Waals surface area contributed by atoms with Crippen LogP contribution in [0.3, 0.4) is 0 Å². The number of carbonyl (C=O) groups is 1. The lowest BCUT2D eigenvalue weighted by atomic mass is 10.2. The van der Waals surface area contributed by atoms with E-state index >= 15 is 0 Å². The molecule has 1 amide bonds. The summed E-state index contributed by atoms with van der Waals surface area (Å²) in [7, 11) is 1.69. The molecule has 1 aromatic carbocycles. The molecular weight excluding hydrogens is 254 g/mol. The Morgan fingerprint density at radius 1 is 1.25 bits per heavy atom. The number of anilines is 1. The molecule has 0 saturated carbocycles. The normalized spacial score (nSPS) is 15.3. The van der Waals surface area contributed by atoms with Crippen molar-refractivity contribution < 1.29 is 9.53 Å². The highest BCUT2D eigenvalue weighted by Gasteiger charge is 2.22. The van der Waals surface area contributed by atoms with Gasteiger partial charge in [0.15, 0.2) is 0 Å². The standard InChI is InChI=1S/C15H23N3O2/c1-20-14-6-3-2-5-13(14)17-9-11-18(12-10-17)15(19)7-4-8-16/h2-3,5-6H,4,7-12,16H2,1H3. The fourth-order valence-electron chi connectivity index (χ4n) is 2.50. The fourth-order valence-corrected chi connectivity index (χ4v) is 2.50. The van der Waals surface area contributed by atoms with Gasteiger partial charge in [0, 0.05) is 32.6 Å². The lowest BCUT2D eigenvalue weighted by molar-refractivity contribution is -0.131. The van der Waals surface area contributed by atoms with Gasteiger partial charge in [-0.05, 0) is 25.1 Å². The van der Waals surface area contributed by atoms with Crippen LogP contribution in [0.5, 0.6) is 5.75 Å². The third-order valence-electron chi connectivity index (χ3n) is 3.65. The van der Waals surface area contributed by atoms with Crippen molar-refractivity contribution in [2.45, 2.75) is 12.8 Å². The van der Waals surface area contributed by atoms with E-state index < -0.39 is 0 Å². The van der Waals surface area contributed by atoms with E-state index in [9.17, 15) is 4.79 Å². The molecule has 1 aliphatic rings. The quantitative estimate of drug-likeness (QED) is 0.875. The van der Waals surface area contributed by atoms with Crippen LogP contribution in [0.25, 0.3) is 0 Å². The maximum Gasteiger partial charge on any atom is 0.222 e. The van der Waals surface area contributed by atoms with Crippen molar-refractivity contribution in [1.82, 2.24) is 4.90 Å². The fraction of sp³-hybridized carbons (Fsp3) is 0.533. The first-order valence-electron chi connectivity index (χ1n) is 7.12. The zero-order valence-electron chi connectivity index (χ0n) is 12.0. The minimum Gasteiger partial charge on any atom is -0.495 e. The first-order valence-corrected chi connectivity index (χ1v) is 7.12. The molecule has 5 nitrogen and oxygen atoms in total. The van der Waals surface area contributed by atoms with Gasteiger partial charge in [-0.2, -0.15) is 0 Å². The summed E-state index contributed by atoms with van der Waals surface area (Å²) in [6.45, 7) is 3.79. The largest absolute Gasteiger partial charge is 0.495 e. The minimum absolute atomic E-state index is 0.218. The Balaban J connectivity index is 1.92. The van der Waals surface area contributed by atoms with Gasteiger partial charge in [-0.15, -0.1) is 0 Å². The summed E-state index contributed by atoms with van der Waals surface area (Å²) >= 11 is 0. The number of carbonyl (C=O) groups excluding carboxylic acids is 1. The van der Waals surface area contributed by atoms with Crippen LogP contribution in [0, 0.1) is 0 Å². The molecular formula is C15H23N3O2. The first kappa shape index (κ1) is 14.7. The monoisotopic (exact) mass is 277 g/mol. The molecule has 5 heteroatoms. The molecule has 1 aromatic rings. The van der Waals surface area contributed by atoms with Crippen molar-refractivity contribution in [3.8, 4) is 5.75 Å². The number of para-hydroxylation sites is 2. The second-order valence-electron chi connectivity index (χ2n) is 4.93. The number of amides is 1. The van der Waals surface area contributed by atoms with Crippen molar-refractivity contribution in [3.63, 3.8) is 0 Å². The van der Waals surface area contributed by atoms with E-state index in [1.54, 1.807) is 7.11 Å². The molecule has 0 unspecified atom stereocenters. The number of hydrogen-bond donors (Lipinski definition) is 1. The lowest BCUT2D eigenvalue weighted by Gasteiger charge is -2.36. The van der Waals surface area contributed by atoms with Gasteiger partial charge in [0.05, 0.1) is 12.8 Å². The van der Waals surface area contributed by atoms with Crippen molar-refractivity contribution in [2.24, 2.45) is 5.73 Å². The molecule has 1 heterocycles. The molecule has 0 atom stereocenters. The maximum absolute atomic E-state index is 12.0. The van der Waals surface area contributed by atoms with Gasteiger partial charge in [-0.25, -0.2) is 0 Å². The molecule has 20 heavy (non-hydrogen) atoms. The van der Waals surface area contributed by atoms with Crippen LogP contribution < -0.4 is 15.4 Å². The van der Waals surface area contributed by atoms with Gasteiger partial charge in [0.25, 0.3) is 0 Å². The highest BCUT2D eigenvalue weighted by Crippen LogP contribution is 2.28. The molecule has 1 fully saturated rings. The number of benzene rings is 1. The topological polar surface area (TPSA) is 58.8 Å². The molecule has 110 valence electrons. The second-order valence-corrected chi connectivity index (χ2v) is 4.93. The average Bonchev–Trinajstić information content (AvgIpc) is 2.52. The van der Waals surface area contributed by atoms with Crippen LogP contribution in [0.15, 0.2) is 24.3 Å². The van der Waals surface area contributed by atoms with Gasteiger partial charge < -0.3 is 20.3 Å². The number of rotatable bonds is 5. The van der Waals surface area contributed by atoms with Crippen molar-refractivity contribution in [1.29, 1.82) is 0 Å². The second kappa shape index (κ2) is 7.14. The Hall–Kier alpha value is -1.75. The highest BCUT2D eigenvalue weighted by atomic mass is 16.5. The van der Waals surface area contributed by atoms with Crippen molar-refractivity contribution in [3.05, 3.63) is 24.3 Å². The Labute approximate surface area is 120 Å². The number of piperazine rings is 1. The summed E-state index contributed by atoms with van der Waals surface area (Å²) in [5.74, 6) is 1.10. The minimum atomic E-state index is 0.218. The summed E-state index contributed by atoms with van der Waals surface area (Å²) in [6, 6.07) is 8.00. The zero-order chi connectivity index (χ0) is 14.4. The van der Waals surface area contributed by atoms with Crippen LogP contribution in [0.4, 0.5) is 5.69 Å². The van der Waals surface area contributed by atoms with Crippen molar-refractivity contribution >= 4 is 11.6 Å². The Kier molecular flexibility index (Phi) is 5.24. The molecule has 0 radical (unpaired) electrons. The van der Waals surface area contributed by atoms with Crippen LogP contribution in [0.2, 0.25) is 0 Å². The van der Waals surface area contributed by atoms with E-state index in [1.807, 2.05) is 23.1 Å². The number of nitrogens with two attached hydrogens (primary N) is 1. The summed E-state index contributed by atoms with van der Waals surface area (Å²) in [5, 5.41) is 0. The van der Waals surface area contributed by atoms with Crippen molar-refractivity contribution in [2.75, 3.05) is 44.7 Å². The van der Waals surface area contributed by atoms with E-state index in [2.05, 4.69) is 11.0 Å². The summed E-state index contributed by atoms with van der Waals surface area (Å²) in [4.78, 5) is 16.2. The SMILES string of the molecule is COc1ccccc1N1CCN(C(=O)CCCN)CC1. The predicted octanol–water partition coefficient (Wildman–Crippen LogP) is 1.08. The lowest BCUT2D eigenvalue weighted by Crippen LogP contribution is -2.48. The Morgan fingerprint density at radius 3 is 2.60 bits per heavy atom. The van der Waals surface area contributed by atoms with Gasteiger partial charge in [0.1, 0.15) is 5.75 Å². The third-order valence-corrected chi connectivity index (χ3v) is 3.65. The van der Waals surface area contributed by atoms with E-state index in [1.165, 1.54) is 0 Å². The van der Waals surface area contributed by atoms with Crippen LogP contribution in [-0.4, -0.2) is 50.6 Å². The smallest absolute Gasteiger partial charge is 0.222 e. The van der Waals surface area contributed by atoms with E-state index in [0.717, 1.165) is 44.0 Å². The zero-order valence-corrected chi connectivity index (χ0v) is 12.0. The Morgan fingerprint density at radius 2 is 1.95 bits per heavy atom. The molecule has 1 saturated heterocycles. The molecule has 2 rings (SSSR count). The molecule has 2 N–H and O–H groups in total. The number of ether oxygens (including phenoxy) is 1. The third kappa shape index (κ3) is 3.42. The Bertz CT molecular complexity index is 442. The first-order chi connectivity index (χ1) is 9.76. The van der Waals surface area contributed by atoms with Gasteiger partial charge in [-0.1, -0.05) is 12.1 Å². The summed E-state index contributed by atoms with van der Waals surface area (Å²) < 4.78 is 5.39. The van der Waals surface area contributed by atoms with Gasteiger partial charge >= 0.3 is 0 Å². The van der Waals surface area contributed by atoms with Crippen LogP contribution in [0.1, 0.15) is 12.8 Å². The maximum atomic E-state index is 12.0. The summed E-state index contributed by atoms with van der Waals surface area (Å²) in [6.07, 6.45) is 1.33. The number of nitrogens with zero attached hydrogens (tertiary/aromatic N) is 2. The average molecular weight is 277 g/mol. The van der Waals surface area contributed by atoms with E-state index in [0.29, 0.717) is 13.0 Å². The number of hydrogen-bond acceptors (Lipinski definition) is 4. The van der Waals surface area contributed by atoms with Crippen LogP contribution >= 0.6 is 0 Å². The predicted molar refractivity (Wildman–Crippen MR) is 80.1 cm³/mol. The van der Waals surface area contributed by atoms with E-state index in [-0.39, 0.29) is 5.91 Å². The molecule has 0 aliphatic carbocycles. The summed E-state index contributed by atoms with van der Waals surface area (Å²) in [5.41, 5.74) is 6.54. The van der Waals surface area contributed by atoms with Gasteiger partial charge in [0.2, 0.25) is 5.91 Å². The van der Waals surface area contributed by atoms with E-state index in [4.69, 9.17) is 10.5 Å². The molecule has 0 aromatic heterocycles.